The molecule has 6 aromatic carbocycles. The zero-order chi connectivity index (χ0) is 75.3. The molecule has 0 aliphatic carbocycles. The molecule has 104 heavy (non-hydrogen) atoms. The van der Waals surface area contributed by atoms with Gasteiger partial charge in [0.1, 0.15) is 51.2 Å². The van der Waals surface area contributed by atoms with E-state index < -0.39 is 16.8 Å². The minimum atomic E-state index is -0.926. The van der Waals surface area contributed by atoms with E-state index in [4.69, 9.17) is 38.3 Å². The molecule has 3 amide bonds. The van der Waals surface area contributed by atoms with Crippen LogP contribution in [0.2, 0.25) is 0 Å². The van der Waals surface area contributed by atoms with Crippen molar-refractivity contribution in [1.82, 2.24) is 39.7 Å². The van der Waals surface area contributed by atoms with Crippen LogP contribution in [0, 0.1) is 0 Å². The number of nitrogens with one attached hydrogen (secondary N) is 1. The molecule has 3 spiro atoms. The molecule has 21 nitrogen and oxygen atoms in total. The van der Waals surface area contributed by atoms with Crippen molar-refractivity contribution in [3.8, 4) is 57.0 Å². The number of hydrazine groups is 1. The molecule has 0 atom stereocenters. The number of aryl methyl sites for hydroxylation is 2. The van der Waals surface area contributed by atoms with E-state index in [1.807, 2.05) is 130 Å². The van der Waals surface area contributed by atoms with E-state index in [-0.39, 0.29) is 51.9 Å². The molecule has 6 aliphatic heterocycles. The number of benzene rings is 6. The van der Waals surface area contributed by atoms with Crippen LogP contribution in [0.5, 0.6) is 34.5 Å². The SMILES string of the molecule is C=[O+]c1cc(C(=O)N2CCC3(CC2)Oc2ccccc2-c2c3cnn2C)ccc1C(C)(C)C.CCO.CNN.COc1cc(C(=O)N2CCC3(CC2)Oc2ccccc2-c2nn(C)cc23)ccc1C(C)(C)C.COc1cc(C(=O)N2CCC3(CC2)Oc2ccccc2C(=O)/C3=C\O)ccc1C(C)(C)C. The van der Waals surface area contributed by atoms with Crippen LogP contribution < -0.4 is 35.0 Å². The number of methoxy groups -OCH3 is 2. The Hall–Kier alpha value is -10.1. The van der Waals surface area contributed by atoms with Gasteiger partial charge in [-0.25, -0.2) is 4.42 Å². The first kappa shape index (κ1) is 76.5. The van der Waals surface area contributed by atoms with Gasteiger partial charge in [-0.05, 0) is 114 Å². The Morgan fingerprint density at radius 3 is 1.40 bits per heavy atom. The van der Waals surface area contributed by atoms with Crippen molar-refractivity contribution in [2.75, 3.05) is 67.1 Å². The lowest BCUT2D eigenvalue weighted by atomic mass is 9.78. The summed E-state index contributed by atoms with van der Waals surface area (Å²) >= 11 is 0. The Morgan fingerprint density at radius 1 is 0.596 bits per heavy atom. The number of rotatable bonds is 6. The van der Waals surface area contributed by atoms with E-state index in [1.165, 1.54) is 0 Å². The van der Waals surface area contributed by atoms with E-state index in [1.54, 1.807) is 57.4 Å². The number of piperidine rings is 3. The number of para-hydroxylation sites is 3. The molecule has 0 unspecified atom stereocenters. The smallest absolute Gasteiger partial charge is 0.356 e. The maximum Gasteiger partial charge on any atom is 0.356 e. The molecule has 0 saturated carbocycles. The quantitative estimate of drug-likeness (QED) is 0.0397. The monoisotopic (exact) mass is 1420 g/mol. The minimum Gasteiger partial charge on any atom is -0.515 e. The van der Waals surface area contributed by atoms with Gasteiger partial charge < -0.3 is 48.6 Å². The Bertz CT molecular complexity index is 4480. The summed E-state index contributed by atoms with van der Waals surface area (Å²) in [6, 6.07) is 40.3. The first-order valence-corrected chi connectivity index (χ1v) is 35.6. The summed E-state index contributed by atoms with van der Waals surface area (Å²) in [5.41, 5.74) is 12.3. The maximum atomic E-state index is 13.4. The van der Waals surface area contributed by atoms with E-state index in [9.17, 15) is 24.3 Å². The zero-order valence-electron chi connectivity index (χ0n) is 62.9. The molecular weight excluding hydrogens is 1310 g/mol. The average Bonchev–Trinajstić information content (AvgIpc) is 1.51. The van der Waals surface area contributed by atoms with Crippen LogP contribution in [0.3, 0.4) is 0 Å². The van der Waals surface area contributed by atoms with Gasteiger partial charge in [0, 0.05) is 144 Å². The number of carbonyl (C=O) groups excluding carboxylic acids is 5. The van der Waals surface area contributed by atoms with Crippen molar-refractivity contribution < 1.29 is 57.5 Å². The molecular formula is C83H102N9O12+. The fourth-order valence-corrected chi connectivity index (χ4v) is 14.8. The number of nitrogens with two attached hydrogens (primary N) is 1. The highest BCUT2D eigenvalue weighted by Gasteiger charge is 2.50. The molecule has 8 heterocycles. The molecule has 14 rings (SSSR count). The largest absolute Gasteiger partial charge is 0.515 e. The number of aromatic nitrogens is 4. The first-order valence-electron chi connectivity index (χ1n) is 35.6. The molecule has 0 bridgehead atoms. The molecule has 21 heteroatoms. The fourth-order valence-electron chi connectivity index (χ4n) is 14.8. The second-order valence-corrected chi connectivity index (χ2v) is 30.2. The standard InChI is InChI=1S/C27H31N3O3.C27H30N3O3.C26H29NO5.C2H6O.CH6N2/c1-26(2,3)20-11-10-18(16-23(20)32-5)25(31)30-14-12-27(13-15-30)21-17-29(4)28-24(21)19-8-6-7-9-22(19)33-27;1-26(2,3)20-11-10-18(16-23(20)32-5)25(31)30-14-12-27(13-15-30)21-17-28-29(4)24(21)19-8-6-7-9-22(19)33-27;1-25(2,3)19-10-9-17(15-22(19)31-4)24(30)27-13-11-26(12-14-27)20(16-28)23(29)18-7-5-6-8-21(18)32-26;1-2-3;1-3-2/h6-11,16-17H,12-15H2,1-5H3;6-11,16-17H,5,12-15H2,1-4H3;5-10,15-16,28H,11-14H2,1-4H3;2*3H,2H2,1H3/q;+1;;;/b;;20-16+;;. The third-order valence-electron chi connectivity index (χ3n) is 20.2. The maximum absolute atomic E-state index is 13.4. The summed E-state index contributed by atoms with van der Waals surface area (Å²) in [7, 11) is 8.84. The van der Waals surface area contributed by atoms with Crippen molar-refractivity contribution in [2.45, 2.75) is 141 Å². The Balaban J connectivity index is 0.000000161. The Morgan fingerprint density at radius 2 is 0.971 bits per heavy atom. The molecule has 8 aromatic rings. The third-order valence-corrected chi connectivity index (χ3v) is 20.2. The summed E-state index contributed by atoms with van der Waals surface area (Å²) in [6.07, 6.45) is 8.57. The summed E-state index contributed by atoms with van der Waals surface area (Å²) in [5.74, 6) is 8.69. The second-order valence-electron chi connectivity index (χ2n) is 30.2. The number of fused-ring (bicyclic) bond motifs is 9. The average molecular weight is 1420 g/mol. The number of Topliss-reactive ketones (excluding diaryl/α,β-unsaturated/α-hetero) is 1. The van der Waals surface area contributed by atoms with Gasteiger partial charge in [-0.15, -0.1) is 0 Å². The summed E-state index contributed by atoms with van der Waals surface area (Å²) in [6.45, 7) is 27.9. The first-order chi connectivity index (χ1) is 49.5. The molecule has 2 aromatic heterocycles. The number of aliphatic hydroxyl groups excluding tert-OH is 2. The van der Waals surface area contributed by atoms with Gasteiger partial charge >= 0.3 is 5.75 Å². The fraction of sp³-hybridized carbons (Fsp3) is 0.410. The highest BCUT2D eigenvalue weighted by molar-refractivity contribution is 6.13. The molecule has 5 N–H and O–H groups in total. The Kier molecular flexibility index (Phi) is 22.9. The lowest BCUT2D eigenvalue weighted by Gasteiger charge is -2.44. The lowest BCUT2D eigenvalue weighted by Crippen LogP contribution is -2.53. The number of nitrogens with zero attached hydrogens (tertiary/aromatic N) is 7. The van der Waals surface area contributed by atoms with Gasteiger partial charge in [0.15, 0.2) is 5.78 Å². The number of hydrogen-bond donors (Lipinski definition) is 4. The van der Waals surface area contributed by atoms with Gasteiger partial charge in [0.05, 0.1) is 55.1 Å². The molecule has 550 valence electrons. The second kappa shape index (κ2) is 31.1. The van der Waals surface area contributed by atoms with E-state index in [0.717, 1.165) is 86.7 Å². The van der Waals surface area contributed by atoms with Gasteiger partial charge in [0.2, 0.25) is 0 Å². The van der Waals surface area contributed by atoms with Crippen molar-refractivity contribution in [2.24, 2.45) is 19.9 Å². The van der Waals surface area contributed by atoms with Crippen LogP contribution in [0.25, 0.3) is 22.5 Å². The summed E-state index contributed by atoms with van der Waals surface area (Å²) < 4.78 is 39.8. The van der Waals surface area contributed by atoms with Crippen molar-refractivity contribution >= 4 is 30.3 Å². The highest BCUT2D eigenvalue weighted by Crippen LogP contribution is 2.52. The zero-order valence-corrected chi connectivity index (χ0v) is 62.9. The molecule has 3 fully saturated rings. The summed E-state index contributed by atoms with van der Waals surface area (Å²) in [5, 5.41) is 26.7. The van der Waals surface area contributed by atoms with Crippen LogP contribution in [-0.2, 0) is 46.0 Å². The van der Waals surface area contributed by atoms with Crippen molar-refractivity contribution in [1.29, 1.82) is 0 Å². The third kappa shape index (κ3) is 15.4. The lowest BCUT2D eigenvalue weighted by molar-refractivity contribution is -0.356. The van der Waals surface area contributed by atoms with Crippen LogP contribution in [-0.4, -0.2) is 148 Å². The van der Waals surface area contributed by atoms with Gasteiger partial charge in [0.25, 0.3) is 24.5 Å². The minimum absolute atomic E-state index is 0.00577. The van der Waals surface area contributed by atoms with Gasteiger partial charge in [-0.3, -0.25) is 39.8 Å². The Labute approximate surface area is 611 Å². The van der Waals surface area contributed by atoms with Gasteiger partial charge in [-0.1, -0.05) is 111 Å². The van der Waals surface area contributed by atoms with Crippen molar-refractivity contribution in [3.63, 3.8) is 0 Å². The van der Waals surface area contributed by atoms with Crippen LogP contribution >= 0.6 is 0 Å². The topological polar surface area (TPSA) is 250 Å². The number of hydrogen-bond acceptors (Lipinski definition) is 15. The number of aliphatic hydroxyl groups is 2. The van der Waals surface area contributed by atoms with E-state index >= 15 is 0 Å². The molecule has 3 saturated heterocycles. The van der Waals surface area contributed by atoms with E-state index in [0.29, 0.717) is 104 Å². The van der Waals surface area contributed by atoms with Crippen LogP contribution in [0.1, 0.15) is 177 Å². The number of amides is 3. The van der Waals surface area contributed by atoms with Crippen molar-refractivity contribution in [3.05, 3.63) is 202 Å². The summed E-state index contributed by atoms with van der Waals surface area (Å²) in [4.78, 5) is 58.5. The van der Waals surface area contributed by atoms with Crippen LogP contribution in [0.15, 0.2) is 152 Å². The molecule has 6 aliphatic rings. The van der Waals surface area contributed by atoms with Crippen LogP contribution in [0.4, 0.5) is 0 Å². The number of carbonyl (C=O) groups is 4. The number of likely N-dealkylation sites (tertiary alicyclic amines) is 3. The number of ketones is 1. The number of ether oxygens (including phenoxy) is 5. The molecule has 0 radical (unpaired) electrons. The normalized spacial score (nSPS) is 16.8. The highest BCUT2D eigenvalue weighted by atomic mass is 16.5. The van der Waals surface area contributed by atoms with Gasteiger partial charge in [-0.2, -0.15) is 10.2 Å². The predicted octanol–water partition coefficient (Wildman–Crippen LogP) is 13.7. The predicted molar refractivity (Wildman–Crippen MR) is 403 cm³/mol. The van der Waals surface area contributed by atoms with E-state index in [2.05, 4.69) is 104 Å².